The van der Waals surface area contributed by atoms with E-state index in [0.717, 1.165) is 18.7 Å². The Kier molecular flexibility index (Phi) is 4.40. The molecule has 1 fully saturated rings. The van der Waals surface area contributed by atoms with Gasteiger partial charge in [0, 0.05) is 19.6 Å². The lowest BCUT2D eigenvalue weighted by Crippen LogP contribution is -2.19. The summed E-state index contributed by atoms with van der Waals surface area (Å²) in [5.41, 5.74) is 2.22. The molecule has 0 aromatic carbocycles. The molecule has 0 bridgehead atoms. The molecule has 0 N–H and O–H groups in total. The molecule has 0 spiro atoms. The van der Waals surface area contributed by atoms with Gasteiger partial charge in [0.25, 0.3) is 0 Å². The highest BCUT2D eigenvalue weighted by Crippen LogP contribution is 2.38. The number of aromatic nitrogens is 3. The highest BCUT2D eigenvalue weighted by atomic mass is 35.5. The van der Waals surface area contributed by atoms with Crippen molar-refractivity contribution in [2.45, 2.75) is 50.4 Å². The zero-order valence-corrected chi connectivity index (χ0v) is 11.3. The topological polar surface area (TPSA) is 39.9 Å². The van der Waals surface area contributed by atoms with Crippen molar-refractivity contribution in [3.8, 4) is 0 Å². The monoisotopic (exact) mass is 257 g/mol. The molecule has 4 nitrogen and oxygen atoms in total. The van der Waals surface area contributed by atoms with Gasteiger partial charge in [0.1, 0.15) is 5.69 Å². The summed E-state index contributed by atoms with van der Waals surface area (Å²) in [6.07, 6.45) is 4.76. The standard InChI is InChI=1S/C12H20ClN3O/c1-9(6-7-17-2)16-12(10-4-3-5-10)11(8-13)14-15-16/h9-10H,3-8H2,1-2H3. The molecule has 1 unspecified atom stereocenters. The van der Waals surface area contributed by atoms with Gasteiger partial charge in [-0.25, -0.2) is 4.68 Å². The van der Waals surface area contributed by atoms with Crippen molar-refractivity contribution >= 4 is 11.6 Å². The molecule has 5 heteroatoms. The third-order valence-corrected chi connectivity index (χ3v) is 3.83. The van der Waals surface area contributed by atoms with Gasteiger partial charge in [-0.15, -0.1) is 16.7 Å². The summed E-state index contributed by atoms with van der Waals surface area (Å²) in [5.74, 6) is 1.08. The Morgan fingerprint density at radius 1 is 1.53 bits per heavy atom. The van der Waals surface area contributed by atoms with Gasteiger partial charge in [0.05, 0.1) is 17.6 Å². The molecule has 1 saturated carbocycles. The quantitative estimate of drug-likeness (QED) is 0.736. The van der Waals surface area contributed by atoms with Crippen LogP contribution in [0.3, 0.4) is 0 Å². The lowest BCUT2D eigenvalue weighted by atomic mass is 9.82. The summed E-state index contributed by atoms with van der Waals surface area (Å²) >= 11 is 5.94. The Morgan fingerprint density at radius 3 is 2.82 bits per heavy atom. The van der Waals surface area contributed by atoms with E-state index >= 15 is 0 Å². The normalized spacial score (nSPS) is 18.1. The van der Waals surface area contributed by atoms with E-state index in [2.05, 4.69) is 21.9 Å². The molecular weight excluding hydrogens is 238 g/mol. The highest BCUT2D eigenvalue weighted by molar-refractivity contribution is 6.16. The summed E-state index contributed by atoms with van der Waals surface area (Å²) in [6.45, 7) is 2.91. The maximum Gasteiger partial charge on any atom is 0.101 e. The van der Waals surface area contributed by atoms with E-state index < -0.39 is 0 Å². The van der Waals surface area contributed by atoms with Crippen molar-refractivity contribution in [1.29, 1.82) is 0 Å². The molecule has 0 amide bonds. The first kappa shape index (κ1) is 12.8. The number of ether oxygens (including phenoxy) is 1. The predicted octanol–water partition coefficient (Wildman–Crippen LogP) is 2.88. The Bertz CT molecular complexity index is 363. The molecule has 1 atom stereocenters. The second-order valence-electron chi connectivity index (χ2n) is 4.76. The third-order valence-electron chi connectivity index (χ3n) is 3.58. The molecule has 2 rings (SSSR count). The minimum Gasteiger partial charge on any atom is -0.385 e. The van der Waals surface area contributed by atoms with Gasteiger partial charge in [-0.3, -0.25) is 0 Å². The maximum atomic E-state index is 5.94. The van der Waals surface area contributed by atoms with Crippen LogP contribution in [0.2, 0.25) is 0 Å². The van der Waals surface area contributed by atoms with E-state index in [1.54, 1.807) is 7.11 Å². The Labute approximate surface area is 107 Å². The number of alkyl halides is 1. The average molecular weight is 258 g/mol. The van der Waals surface area contributed by atoms with Gasteiger partial charge in [0.15, 0.2) is 0 Å². The van der Waals surface area contributed by atoms with E-state index in [1.807, 2.05) is 0 Å². The van der Waals surface area contributed by atoms with E-state index in [1.165, 1.54) is 25.0 Å². The summed E-state index contributed by atoms with van der Waals surface area (Å²) in [4.78, 5) is 0. The minimum absolute atomic E-state index is 0.329. The van der Waals surface area contributed by atoms with E-state index in [9.17, 15) is 0 Å². The second-order valence-corrected chi connectivity index (χ2v) is 5.03. The summed E-state index contributed by atoms with van der Waals surface area (Å²) in [7, 11) is 1.73. The first-order chi connectivity index (χ1) is 8.27. The first-order valence-electron chi connectivity index (χ1n) is 6.26. The third kappa shape index (κ3) is 2.63. The molecule has 1 heterocycles. The lowest BCUT2D eigenvalue weighted by Gasteiger charge is -2.28. The maximum absolute atomic E-state index is 5.94. The molecule has 1 aliphatic rings. The van der Waals surface area contributed by atoms with Crippen molar-refractivity contribution in [3.63, 3.8) is 0 Å². The average Bonchev–Trinajstić information content (AvgIpc) is 2.67. The van der Waals surface area contributed by atoms with E-state index in [0.29, 0.717) is 17.8 Å². The zero-order valence-electron chi connectivity index (χ0n) is 10.5. The van der Waals surface area contributed by atoms with Gasteiger partial charge in [-0.1, -0.05) is 11.6 Å². The number of halogens is 1. The Hall–Kier alpha value is -0.610. The molecule has 1 aromatic heterocycles. The molecule has 17 heavy (non-hydrogen) atoms. The smallest absolute Gasteiger partial charge is 0.101 e. The molecular formula is C12H20ClN3O. The van der Waals surface area contributed by atoms with Crippen LogP contribution in [0.4, 0.5) is 0 Å². The number of nitrogens with zero attached hydrogens (tertiary/aromatic N) is 3. The van der Waals surface area contributed by atoms with Crippen LogP contribution in [0.25, 0.3) is 0 Å². The number of rotatable bonds is 6. The largest absolute Gasteiger partial charge is 0.385 e. The van der Waals surface area contributed by atoms with Gasteiger partial charge < -0.3 is 4.74 Å². The van der Waals surface area contributed by atoms with Crippen LogP contribution < -0.4 is 0 Å². The fourth-order valence-electron chi connectivity index (χ4n) is 2.27. The van der Waals surface area contributed by atoms with Gasteiger partial charge in [-0.05, 0) is 26.2 Å². The molecule has 1 aromatic rings. The summed E-state index contributed by atoms with van der Waals surface area (Å²) in [6, 6.07) is 0.329. The van der Waals surface area contributed by atoms with E-state index in [-0.39, 0.29) is 0 Å². The number of hydrogen-bond acceptors (Lipinski definition) is 3. The van der Waals surface area contributed by atoms with Gasteiger partial charge in [-0.2, -0.15) is 0 Å². The molecule has 96 valence electrons. The molecule has 1 aliphatic carbocycles. The van der Waals surface area contributed by atoms with Crippen LogP contribution in [0, 0.1) is 0 Å². The van der Waals surface area contributed by atoms with Crippen LogP contribution in [0.15, 0.2) is 0 Å². The summed E-state index contributed by atoms with van der Waals surface area (Å²) < 4.78 is 7.18. The molecule has 0 saturated heterocycles. The Morgan fingerprint density at radius 2 is 2.29 bits per heavy atom. The fraction of sp³-hybridized carbons (Fsp3) is 0.833. The molecule has 0 radical (unpaired) electrons. The number of methoxy groups -OCH3 is 1. The van der Waals surface area contributed by atoms with Gasteiger partial charge >= 0.3 is 0 Å². The summed E-state index contributed by atoms with van der Waals surface area (Å²) in [5, 5.41) is 8.48. The van der Waals surface area contributed by atoms with Crippen molar-refractivity contribution in [1.82, 2.24) is 15.0 Å². The highest BCUT2D eigenvalue weighted by Gasteiger charge is 2.28. The SMILES string of the molecule is COCCC(C)n1nnc(CCl)c1C1CCC1. The van der Waals surface area contributed by atoms with Crippen molar-refractivity contribution in [2.75, 3.05) is 13.7 Å². The predicted molar refractivity (Wildman–Crippen MR) is 67.4 cm³/mol. The van der Waals surface area contributed by atoms with Crippen LogP contribution >= 0.6 is 11.6 Å². The van der Waals surface area contributed by atoms with Gasteiger partial charge in [0.2, 0.25) is 0 Å². The van der Waals surface area contributed by atoms with Crippen LogP contribution in [0.5, 0.6) is 0 Å². The Balaban J connectivity index is 2.17. The minimum atomic E-state index is 0.329. The second kappa shape index (κ2) is 5.83. The van der Waals surface area contributed by atoms with Crippen molar-refractivity contribution < 1.29 is 4.74 Å². The van der Waals surface area contributed by atoms with Crippen LogP contribution in [0.1, 0.15) is 56.0 Å². The van der Waals surface area contributed by atoms with Crippen molar-refractivity contribution in [2.24, 2.45) is 0 Å². The number of hydrogen-bond donors (Lipinski definition) is 0. The lowest BCUT2D eigenvalue weighted by molar-refractivity contribution is 0.176. The first-order valence-corrected chi connectivity index (χ1v) is 6.80. The fourth-order valence-corrected chi connectivity index (χ4v) is 2.46. The van der Waals surface area contributed by atoms with Crippen LogP contribution in [-0.2, 0) is 10.6 Å². The van der Waals surface area contributed by atoms with E-state index in [4.69, 9.17) is 16.3 Å². The van der Waals surface area contributed by atoms with Crippen LogP contribution in [-0.4, -0.2) is 28.7 Å². The molecule has 0 aliphatic heterocycles. The van der Waals surface area contributed by atoms with Crippen molar-refractivity contribution in [3.05, 3.63) is 11.4 Å². The zero-order chi connectivity index (χ0) is 12.3.